The number of para-hydroxylation sites is 1. The Morgan fingerprint density at radius 1 is 1.24 bits per heavy atom. The second-order valence-electron chi connectivity index (χ2n) is 7.07. The molecule has 0 saturated carbocycles. The van der Waals surface area contributed by atoms with Crippen LogP contribution in [0.4, 0.5) is 0 Å². The van der Waals surface area contributed by atoms with Crippen LogP contribution in [0.15, 0.2) is 41.5 Å². The predicted molar refractivity (Wildman–Crippen MR) is 106 cm³/mol. The number of aromatic nitrogens is 1. The number of piperidine rings is 1. The number of hydrogen-bond acceptors (Lipinski definition) is 2. The van der Waals surface area contributed by atoms with Crippen molar-refractivity contribution in [3.05, 3.63) is 36.5 Å². The van der Waals surface area contributed by atoms with E-state index in [0.29, 0.717) is 0 Å². The van der Waals surface area contributed by atoms with Gasteiger partial charge in [-0.3, -0.25) is 4.99 Å². The zero-order valence-corrected chi connectivity index (χ0v) is 15.5. The molecule has 2 N–H and O–H groups in total. The lowest BCUT2D eigenvalue weighted by Gasteiger charge is -2.30. The maximum atomic E-state index is 4.35. The van der Waals surface area contributed by atoms with Crippen LogP contribution < -0.4 is 10.6 Å². The van der Waals surface area contributed by atoms with Gasteiger partial charge in [-0.15, -0.1) is 0 Å². The molecule has 0 spiro atoms. The van der Waals surface area contributed by atoms with Crippen molar-refractivity contribution in [3.8, 4) is 0 Å². The lowest BCUT2D eigenvalue weighted by Crippen LogP contribution is -2.43. The summed E-state index contributed by atoms with van der Waals surface area (Å²) >= 11 is 0. The number of guanidine groups is 1. The number of hydrogen-bond donors (Lipinski definition) is 2. The molecule has 1 aromatic heterocycles. The van der Waals surface area contributed by atoms with Gasteiger partial charge in [0, 0.05) is 44.9 Å². The zero-order valence-electron chi connectivity index (χ0n) is 15.5. The van der Waals surface area contributed by atoms with Crippen LogP contribution in [0.2, 0.25) is 0 Å². The minimum absolute atomic E-state index is 0.725. The maximum absolute atomic E-state index is 4.35. The van der Waals surface area contributed by atoms with E-state index in [2.05, 4.69) is 68.7 Å². The molecule has 3 rings (SSSR count). The Balaban J connectivity index is 1.38. The Labute approximate surface area is 151 Å². The zero-order chi connectivity index (χ0) is 17.5. The Kier molecular flexibility index (Phi) is 6.34. The number of likely N-dealkylation sites (tertiary alicyclic amines) is 1. The van der Waals surface area contributed by atoms with Crippen LogP contribution in [-0.4, -0.2) is 55.7 Å². The van der Waals surface area contributed by atoms with E-state index < -0.39 is 0 Å². The number of nitrogens with one attached hydrogen (secondary N) is 2. The summed E-state index contributed by atoms with van der Waals surface area (Å²) in [6.45, 7) is 5.37. The minimum atomic E-state index is 0.725. The first-order valence-electron chi connectivity index (χ1n) is 9.43. The first-order chi connectivity index (χ1) is 12.3. The fraction of sp³-hybridized carbons (Fsp3) is 0.550. The Morgan fingerprint density at radius 2 is 2.12 bits per heavy atom. The number of nitrogens with zero attached hydrogens (tertiary/aromatic N) is 3. The summed E-state index contributed by atoms with van der Waals surface area (Å²) in [6, 6.07) is 10.7. The monoisotopic (exact) mass is 341 g/mol. The number of aryl methyl sites for hydroxylation is 1. The van der Waals surface area contributed by atoms with E-state index in [4.69, 9.17) is 0 Å². The molecule has 1 aliphatic heterocycles. The van der Waals surface area contributed by atoms with Crippen LogP contribution >= 0.6 is 0 Å². The molecule has 1 fully saturated rings. The first-order valence-corrected chi connectivity index (χ1v) is 9.43. The molecule has 0 radical (unpaired) electrons. The van der Waals surface area contributed by atoms with Crippen molar-refractivity contribution >= 4 is 16.9 Å². The van der Waals surface area contributed by atoms with Gasteiger partial charge in [0.1, 0.15) is 0 Å². The van der Waals surface area contributed by atoms with Gasteiger partial charge in [0.15, 0.2) is 5.96 Å². The highest BCUT2D eigenvalue weighted by Gasteiger charge is 2.17. The van der Waals surface area contributed by atoms with Gasteiger partial charge < -0.3 is 20.1 Å². The van der Waals surface area contributed by atoms with Gasteiger partial charge in [-0.1, -0.05) is 18.2 Å². The van der Waals surface area contributed by atoms with Crippen molar-refractivity contribution in [1.29, 1.82) is 0 Å². The predicted octanol–water partition coefficient (Wildman–Crippen LogP) is 2.54. The molecule has 1 aliphatic rings. The molecular formula is C20H31N5. The van der Waals surface area contributed by atoms with E-state index >= 15 is 0 Å². The third kappa shape index (κ3) is 4.98. The molecule has 2 aromatic rings. The lowest BCUT2D eigenvalue weighted by molar-refractivity contribution is 0.210. The topological polar surface area (TPSA) is 44.6 Å². The molecule has 0 amide bonds. The highest BCUT2D eigenvalue weighted by molar-refractivity contribution is 5.80. The Hall–Kier alpha value is -2.01. The standard InChI is InChI=1S/C20H31N5/c1-21-20(23-15-17-7-5-12-24(2)16-17)22-11-6-13-25-14-10-18-8-3-4-9-19(18)25/h3-4,8-10,14,17H,5-7,11-13,15-16H2,1-2H3,(H2,21,22,23). The molecule has 1 aromatic carbocycles. The van der Waals surface area contributed by atoms with Crippen LogP contribution in [-0.2, 0) is 6.54 Å². The number of rotatable bonds is 6. The second-order valence-corrected chi connectivity index (χ2v) is 7.07. The summed E-state index contributed by atoms with van der Waals surface area (Å²) in [5, 5.41) is 8.24. The highest BCUT2D eigenvalue weighted by atomic mass is 15.2. The molecule has 136 valence electrons. The van der Waals surface area contributed by atoms with Gasteiger partial charge in [0.25, 0.3) is 0 Å². The smallest absolute Gasteiger partial charge is 0.190 e. The van der Waals surface area contributed by atoms with Crippen LogP contribution in [0.3, 0.4) is 0 Å². The summed E-state index contributed by atoms with van der Waals surface area (Å²) in [5.41, 5.74) is 1.31. The van der Waals surface area contributed by atoms with Crippen LogP contribution in [0, 0.1) is 5.92 Å². The number of fused-ring (bicyclic) bond motifs is 1. The average molecular weight is 342 g/mol. The van der Waals surface area contributed by atoms with Crippen molar-refractivity contribution < 1.29 is 0 Å². The molecule has 2 heterocycles. The van der Waals surface area contributed by atoms with Gasteiger partial charge in [-0.2, -0.15) is 0 Å². The molecular weight excluding hydrogens is 310 g/mol. The normalized spacial score (nSPS) is 19.3. The van der Waals surface area contributed by atoms with Crippen LogP contribution in [0.1, 0.15) is 19.3 Å². The minimum Gasteiger partial charge on any atom is -0.356 e. The van der Waals surface area contributed by atoms with E-state index in [1.165, 1.54) is 36.8 Å². The molecule has 1 atom stereocenters. The van der Waals surface area contributed by atoms with Gasteiger partial charge in [-0.05, 0) is 56.3 Å². The van der Waals surface area contributed by atoms with E-state index in [0.717, 1.165) is 37.9 Å². The maximum Gasteiger partial charge on any atom is 0.190 e. The van der Waals surface area contributed by atoms with Gasteiger partial charge >= 0.3 is 0 Å². The number of benzene rings is 1. The summed E-state index contributed by atoms with van der Waals surface area (Å²) in [7, 11) is 4.06. The van der Waals surface area contributed by atoms with E-state index in [1.807, 2.05) is 7.05 Å². The van der Waals surface area contributed by atoms with Gasteiger partial charge in [0.05, 0.1) is 0 Å². The quantitative estimate of drug-likeness (QED) is 0.482. The largest absolute Gasteiger partial charge is 0.356 e. The third-order valence-corrected chi connectivity index (χ3v) is 5.05. The SMILES string of the molecule is CN=C(NCCCn1ccc2ccccc21)NCC1CCCN(C)C1. The van der Waals surface area contributed by atoms with Crippen molar-refractivity contribution in [1.82, 2.24) is 20.1 Å². The second kappa shape index (κ2) is 8.90. The Morgan fingerprint density at radius 3 is 2.96 bits per heavy atom. The Bertz CT molecular complexity index is 690. The molecule has 5 heteroatoms. The lowest BCUT2D eigenvalue weighted by atomic mass is 9.99. The highest BCUT2D eigenvalue weighted by Crippen LogP contribution is 2.15. The van der Waals surface area contributed by atoms with E-state index in [1.54, 1.807) is 0 Å². The summed E-state index contributed by atoms with van der Waals surface area (Å²) in [4.78, 5) is 6.77. The summed E-state index contributed by atoms with van der Waals surface area (Å²) < 4.78 is 2.32. The van der Waals surface area contributed by atoms with Crippen molar-refractivity contribution in [2.75, 3.05) is 40.3 Å². The van der Waals surface area contributed by atoms with Crippen molar-refractivity contribution in [3.63, 3.8) is 0 Å². The fourth-order valence-electron chi connectivity index (χ4n) is 3.69. The van der Waals surface area contributed by atoms with Crippen molar-refractivity contribution in [2.24, 2.45) is 10.9 Å². The molecule has 25 heavy (non-hydrogen) atoms. The molecule has 0 aliphatic carbocycles. The van der Waals surface area contributed by atoms with Gasteiger partial charge in [0.2, 0.25) is 0 Å². The molecule has 1 saturated heterocycles. The van der Waals surface area contributed by atoms with E-state index in [-0.39, 0.29) is 0 Å². The van der Waals surface area contributed by atoms with E-state index in [9.17, 15) is 0 Å². The average Bonchev–Trinajstić information content (AvgIpc) is 3.04. The van der Waals surface area contributed by atoms with Crippen molar-refractivity contribution in [2.45, 2.75) is 25.8 Å². The van der Waals surface area contributed by atoms with Gasteiger partial charge in [-0.25, -0.2) is 0 Å². The van der Waals surface area contributed by atoms with Crippen LogP contribution in [0.25, 0.3) is 10.9 Å². The molecule has 5 nitrogen and oxygen atoms in total. The first kappa shape index (κ1) is 17.8. The summed E-state index contributed by atoms with van der Waals surface area (Å²) in [5.74, 6) is 1.65. The number of aliphatic imine (C=N–C) groups is 1. The third-order valence-electron chi connectivity index (χ3n) is 5.05. The fourth-order valence-corrected chi connectivity index (χ4v) is 3.69. The van der Waals surface area contributed by atoms with Crippen LogP contribution in [0.5, 0.6) is 0 Å². The summed E-state index contributed by atoms with van der Waals surface area (Å²) in [6.07, 6.45) is 5.87. The molecule has 1 unspecified atom stereocenters. The molecule has 0 bridgehead atoms.